The van der Waals surface area contributed by atoms with E-state index in [9.17, 15) is 23.2 Å². The summed E-state index contributed by atoms with van der Waals surface area (Å²) in [6.07, 6.45) is 0. The van der Waals surface area contributed by atoms with Crippen molar-refractivity contribution in [3.05, 3.63) is 110 Å². The van der Waals surface area contributed by atoms with Crippen LogP contribution >= 0.6 is 0 Å². The van der Waals surface area contributed by atoms with Gasteiger partial charge in [-0.2, -0.15) is 0 Å². The summed E-state index contributed by atoms with van der Waals surface area (Å²) in [4.78, 5) is 39.1. The first-order valence-corrected chi connectivity index (χ1v) is 9.98. The van der Waals surface area contributed by atoms with Crippen LogP contribution in [0.1, 0.15) is 21.5 Å². The van der Waals surface area contributed by atoms with Crippen molar-refractivity contribution < 1.29 is 18.3 Å². The second-order valence-electron chi connectivity index (χ2n) is 7.32. The van der Waals surface area contributed by atoms with E-state index >= 15 is 0 Å². The monoisotopic (exact) mass is 451 g/mol. The Hall–Kier alpha value is -4.27. The lowest BCUT2D eigenvalue weighted by Crippen LogP contribution is -2.31. The van der Waals surface area contributed by atoms with Crippen LogP contribution < -0.4 is 21.3 Å². The molecule has 0 aliphatic heterocycles. The van der Waals surface area contributed by atoms with E-state index in [-0.39, 0.29) is 29.6 Å². The zero-order valence-electron chi connectivity index (χ0n) is 17.5. The number of carbonyl (C=O) groups excluding carboxylic acids is 1. The van der Waals surface area contributed by atoms with Crippen LogP contribution in [-0.2, 0) is 13.1 Å². The average molecular weight is 451 g/mol. The van der Waals surface area contributed by atoms with Crippen molar-refractivity contribution >= 4 is 16.8 Å². The van der Waals surface area contributed by atoms with Gasteiger partial charge in [-0.15, -0.1) is 0 Å². The molecule has 168 valence electrons. The molecule has 0 atom stereocenters. The van der Waals surface area contributed by atoms with Crippen molar-refractivity contribution in [3.8, 4) is 5.75 Å². The maximum Gasteiger partial charge on any atom is 0.329 e. The van der Waals surface area contributed by atoms with Gasteiger partial charge in [-0.25, -0.2) is 13.6 Å². The lowest BCUT2D eigenvalue weighted by atomic mass is 10.1. The Morgan fingerprint density at radius 3 is 2.45 bits per heavy atom. The Kier molecular flexibility index (Phi) is 6.03. The fourth-order valence-electron chi connectivity index (χ4n) is 3.50. The summed E-state index contributed by atoms with van der Waals surface area (Å²) in [6, 6.07) is 14.9. The predicted octanol–water partition coefficient (Wildman–Crippen LogP) is 2.95. The Bertz CT molecular complexity index is 1460. The first-order chi connectivity index (χ1) is 15.9. The molecule has 9 heteroatoms. The first-order valence-electron chi connectivity index (χ1n) is 9.98. The molecule has 1 aromatic heterocycles. The van der Waals surface area contributed by atoms with Crippen molar-refractivity contribution in [2.45, 2.75) is 13.1 Å². The van der Waals surface area contributed by atoms with E-state index < -0.39 is 28.8 Å². The molecule has 2 N–H and O–H groups in total. The number of amides is 1. The van der Waals surface area contributed by atoms with Crippen molar-refractivity contribution in [2.75, 3.05) is 7.11 Å². The smallest absolute Gasteiger partial charge is 0.329 e. The third kappa shape index (κ3) is 4.52. The number of H-pyrrole nitrogens is 1. The number of hydrogen-bond acceptors (Lipinski definition) is 4. The summed E-state index contributed by atoms with van der Waals surface area (Å²) < 4.78 is 34.8. The Morgan fingerprint density at radius 2 is 1.73 bits per heavy atom. The standard InChI is InChI=1S/C24H19F2N3O4/c1-33-16-8-5-14(6-9-16)12-27-22(30)17-11-15(7-10-18(17)25)13-29-20-4-2-3-19(26)21(20)23(31)28-24(29)32/h2-11H,12-13H2,1H3,(H,27,30)(H,28,31,32). The Balaban J connectivity index is 1.60. The summed E-state index contributed by atoms with van der Waals surface area (Å²) in [5.41, 5.74) is -0.456. The van der Waals surface area contributed by atoms with E-state index in [1.165, 1.54) is 24.3 Å². The van der Waals surface area contributed by atoms with E-state index in [1.807, 2.05) is 0 Å². The number of nitrogens with zero attached hydrogens (tertiary/aromatic N) is 1. The predicted molar refractivity (Wildman–Crippen MR) is 118 cm³/mol. The highest BCUT2D eigenvalue weighted by Crippen LogP contribution is 2.16. The number of carbonyl (C=O) groups is 1. The van der Waals surface area contributed by atoms with Crippen LogP contribution in [0.4, 0.5) is 8.78 Å². The van der Waals surface area contributed by atoms with Crippen LogP contribution in [0.25, 0.3) is 10.9 Å². The van der Waals surface area contributed by atoms with E-state index in [0.29, 0.717) is 11.3 Å². The molecule has 0 aliphatic rings. The number of fused-ring (bicyclic) bond motifs is 1. The van der Waals surface area contributed by atoms with Crippen LogP contribution in [-0.4, -0.2) is 22.6 Å². The zero-order valence-corrected chi connectivity index (χ0v) is 17.5. The third-order valence-corrected chi connectivity index (χ3v) is 5.20. The van der Waals surface area contributed by atoms with E-state index in [0.717, 1.165) is 22.3 Å². The number of halogens is 2. The number of methoxy groups -OCH3 is 1. The average Bonchev–Trinajstić information content (AvgIpc) is 2.81. The first kappa shape index (κ1) is 21.9. The molecule has 0 saturated carbocycles. The lowest BCUT2D eigenvalue weighted by molar-refractivity contribution is 0.0946. The summed E-state index contributed by atoms with van der Waals surface area (Å²) in [7, 11) is 1.55. The van der Waals surface area contributed by atoms with Gasteiger partial charge in [0.1, 0.15) is 17.4 Å². The highest BCUT2D eigenvalue weighted by Gasteiger charge is 2.15. The second kappa shape index (κ2) is 9.07. The van der Waals surface area contributed by atoms with Crippen LogP contribution in [0, 0.1) is 11.6 Å². The number of aromatic nitrogens is 2. The molecular weight excluding hydrogens is 432 g/mol. The fraction of sp³-hybridized carbons (Fsp3) is 0.125. The van der Waals surface area contributed by atoms with Gasteiger partial charge in [0.2, 0.25) is 0 Å². The molecule has 7 nitrogen and oxygen atoms in total. The maximum atomic E-state index is 14.4. The largest absolute Gasteiger partial charge is 0.497 e. The molecule has 1 amide bonds. The number of rotatable bonds is 6. The Morgan fingerprint density at radius 1 is 1.00 bits per heavy atom. The normalized spacial score (nSPS) is 10.9. The maximum absolute atomic E-state index is 14.4. The summed E-state index contributed by atoms with van der Waals surface area (Å²) in [6.45, 7) is 0.0738. The van der Waals surface area contributed by atoms with E-state index in [1.54, 1.807) is 31.4 Å². The fourth-order valence-corrected chi connectivity index (χ4v) is 3.50. The van der Waals surface area contributed by atoms with E-state index in [4.69, 9.17) is 4.74 Å². The molecule has 4 aromatic rings. The topological polar surface area (TPSA) is 93.2 Å². The molecule has 0 saturated heterocycles. The minimum Gasteiger partial charge on any atom is -0.497 e. The van der Waals surface area contributed by atoms with Crippen molar-refractivity contribution in [3.63, 3.8) is 0 Å². The van der Waals surface area contributed by atoms with Gasteiger partial charge in [-0.3, -0.25) is 19.1 Å². The molecule has 0 spiro atoms. The number of benzene rings is 3. The molecule has 0 bridgehead atoms. The van der Waals surface area contributed by atoms with Crippen LogP contribution in [0.3, 0.4) is 0 Å². The molecule has 0 aliphatic carbocycles. The molecule has 4 rings (SSSR count). The van der Waals surface area contributed by atoms with Gasteiger partial charge in [0.15, 0.2) is 0 Å². The number of nitrogens with one attached hydrogen (secondary N) is 2. The van der Waals surface area contributed by atoms with Crippen LogP contribution in [0.15, 0.2) is 70.3 Å². The Labute approximate surface area is 186 Å². The number of hydrogen-bond donors (Lipinski definition) is 2. The van der Waals surface area contributed by atoms with Gasteiger partial charge in [0.05, 0.1) is 30.1 Å². The van der Waals surface area contributed by atoms with E-state index in [2.05, 4.69) is 10.3 Å². The van der Waals surface area contributed by atoms with Crippen LogP contribution in [0.2, 0.25) is 0 Å². The van der Waals surface area contributed by atoms with Gasteiger partial charge in [0.25, 0.3) is 11.5 Å². The van der Waals surface area contributed by atoms with Crippen molar-refractivity contribution in [1.82, 2.24) is 14.9 Å². The minimum absolute atomic E-state index is 0.0959. The summed E-state index contributed by atoms with van der Waals surface area (Å²) >= 11 is 0. The van der Waals surface area contributed by atoms with Gasteiger partial charge >= 0.3 is 5.69 Å². The van der Waals surface area contributed by atoms with Gasteiger partial charge in [-0.05, 0) is 47.5 Å². The molecule has 33 heavy (non-hydrogen) atoms. The van der Waals surface area contributed by atoms with Crippen molar-refractivity contribution in [1.29, 1.82) is 0 Å². The second-order valence-corrected chi connectivity index (χ2v) is 7.32. The third-order valence-electron chi connectivity index (χ3n) is 5.20. The number of ether oxygens (including phenoxy) is 1. The molecule has 0 fully saturated rings. The highest BCUT2D eigenvalue weighted by atomic mass is 19.1. The summed E-state index contributed by atoms with van der Waals surface area (Å²) in [5, 5.41) is 2.40. The van der Waals surface area contributed by atoms with Gasteiger partial charge < -0.3 is 10.1 Å². The molecular formula is C24H19F2N3O4. The zero-order chi connectivity index (χ0) is 23.5. The van der Waals surface area contributed by atoms with Gasteiger partial charge in [-0.1, -0.05) is 24.3 Å². The quantitative estimate of drug-likeness (QED) is 0.472. The van der Waals surface area contributed by atoms with Gasteiger partial charge in [0, 0.05) is 6.54 Å². The van der Waals surface area contributed by atoms with Crippen molar-refractivity contribution in [2.24, 2.45) is 0 Å². The summed E-state index contributed by atoms with van der Waals surface area (Å²) in [5.74, 6) is -1.44. The highest BCUT2D eigenvalue weighted by molar-refractivity contribution is 5.94. The lowest BCUT2D eigenvalue weighted by Gasteiger charge is -2.12. The molecule has 3 aromatic carbocycles. The van der Waals surface area contributed by atoms with Crippen LogP contribution in [0.5, 0.6) is 5.75 Å². The molecule has 0 unspecified atom stereocenters. The number of aromatic amines is 1. The molecule has 1 heterocycles. The minimum atomic E-state index is -0.831. The SMILES string of the molecule is COc1ccc(CNC(=O)c2cc(Cn3c(=O)[nH]c(=O)c4c(F)cccc43)ccc2F)cc1. The molecule has 0 radical (unpaired) electrons.